The Balaban J connectivity index is 2.09. The van der Waals surface area contributed by atoms with Crippen LogP contribution in [0.5, 0.6) is 5.75 Å². The molecule has 4 nitrogen and oxygen atoms in total. The monoisotopic (exact) mass is 280 g/mol. The second kappa shape index (κ2) is 6.58. The van der Waals surface area contributed by atoms with E-state index in [1.807, 2.05) is 30.3 Å². The Bertz CT molecular complexity index is 672. The molecule has 0 aliphatic rings. The van der Waals surface area contributed by atoms with Gasteiger partial charge in [0, 0.05) is 12.7 Å². The fraction of sp³-hybridized carbons (Fsp3) is 0.176. The number of hydrogen-bond acceptors (Lipinski definition) is 3. The van der Waals surface area contributed by atoms with E-state index in [4.69, 9.17) is 10.00 Å². The molecule has 0 radical (unpaired) electrons. The molecule has 1 amide bonds. The summed E-state index contributed by atoms with van der Waals surface area (Å²) in [5.41, 5.74) is 2.17. The first-order chi connectivity index (χ1) is 10.1. The predicted molar refractivity (Wildman–Crippen MR) is 81.3 cm³/mol. The Morgan fingerprint density at radius 3 is 2.57 bits per heavy atom. The van der Waals surface area contributed by atoms with Gasteiger partial charge in [0.15, 0.2) is 0 Å². The Morgan fingerprint density at radius 1 is 1.24 bits per heavy atom. The van der Waals surface area contributed by atoms with Crippen LogP contribution in [0.2, 0.25) is 0 Å². The van der Waals surface area contributed by atoms with Gasteiger partial charge < -0.3 is 9.64 Å². The van der Waals surface area contributed by atoms with Gasteiger partial charge in [0.25, 0.3) is 0 Å². The summed E-state index contributed by atoms with van der Waals surface area (Å²) in [6.45, 7) is 0. The maximum absolute atomic E-state index is 12.3. The van der Waals surface area contributed by atoms with Crippen molar-refractivity contribution in [2.75, 3.05) is 19.1 Å². The van der Waals surface area contributed by atoms with Gasteiger partial charge in [-0.15, -0.1) is 0 Å². The van der Waals surface area contributed by atoms with Crippen LogP contribution in [-0.2, 0) is 11.2 Å². The van der Waals surface area contributed by atoms with Gasteiger partial charge >= 0.3 is 0 Å². The van der Waals surface area contributed by atoms with E-state index in [2.05, 4.69) is 6.07 Å². The van der Waals surface area contributed by atoms with Gasteiger partial charge in [-0.25, -0.2) is 0 Å². The number of hydrogen-bond donors (Lipinski definition) is 0. The lowest BCUT2D eigenvalue weighted by Gasteiger charge is -2.17. The van der Waals surface area contributed by atoms with E-state index in [-0.39, 0.29) is 5.91 Å². The smallest absolute Gasteiger partial charge is 0.231 e. The van der Waals surface area contributed by atoms with Gasteiger partial charge in [-0.1, -0.05) is 18.2 Å². The van der Waals surface area contributed by atoms with E-state index in [0.29, 0.717) is 17.7 Å². The molecule has 21 heavy (non-hydrogen) atoms. The van der Waals surface area contributed by atoms with Crippen molar-refractivity contribution in [2.24, 2.45) is 0 Å². The van der Waals surface area contributed by atoms with E-state index >= 15 is 0 Å². The highest BCUT2D eigenvalue weighted by atomic mass is 16.5. The van der Waals surface area contributed by atoms with Gasteiger partial charge in [0.05, 0.1) is 25.2 Å². The minimum atomic E-state index is -0.0322. The Morgan fingerprint density at radius 2 is 1.95 bits per heavy atom. The SMILES string of the molecule is COc1ccc(CC(=O)N(C)c2cccc(C#N)c2)cc1. The van der Waals surface area contributed by atoms with Crippen molar-refractivity contribution in [2.45, 2.75) is 6.42 Å². The van der Waals surface area contributed by atoms with Crippen LogP contribution >= 0.6 is 0 Å². The van der Waals surface area contributed by atoms with Crippen molar-refractivity contribution in [1.82, 2.24) is 0 Å². The number of carbonyl (C=O) groups is 1. The number of benzene rings is 2. The molecule has 0 aromatic heterocycles. The molecule has 0 aliphatic carbocycles. The van der Waals surface area contributed by atoms with Crippen LogP contribution in [0.1, 0.15) is 11.1 Å². The van der Waals surface area contributed by atoms with E-state index in [1.165, 1.54) is 0 Å². The molecule has 0 atom stereocenters. The summed E-state index contributed by atoms with van der Waals surface area (Å²) < 4.78 is 5.09. The number of methoxy groups -OCH3 is 1. The Labute approximate surface area is 124 Å². The summed E-state index contributed by atoms with van der Waals surface area (Å²) in [6.07, 6.45) is 0.303. The first-order valence-electron chi connectivity index (χ1n) is 6.53. The van der Waals surface area contributed by atoms with Crippen molar-refractivity contribution in [3.05, 3.63) is 59.7 Å². The van der Waals surface area contributed by atoms with Crippen molar-refractivity contribution < 1.29 is 9.53 Å². The molecular formula is C17H16N2O2. The summed E-state index contributed by atoms with van der Waals surface area (Å²) in [5, 5.41) is 8.90. The summed E-state index contributed by atoms with van der Waals surface area (Å²) in [5.74, 6) is 0.733. The number of anilines is 1. The molecule has 0 aliphatic heterocycles. The third-order valence-corrected chi connectivity index (χ3v) is 3.25. The third-order valence-electron chi connectivity index (χ3n) is 3.25. The lowest BCUT2D eigenvalue weighted by Crippen LogP contribution is -2.27. The molecule has 106 valence electrons. The molecule has 4 heteroatoms. The van der Waals surface area contributed by atoms with E-state index in [1.54, 1.807) is 37.3 Å². The summed E-state index contributed by atoms with van der Waals surface area (Å²) in [7, 11) is 3.32. The minimum absolute atomic E-state index is 0.0322. The fourth-order valence-corrected chi connectivity index (χ4v) is 1.96. The van der Waals surface area contributed by atoms with Crippen molar-refractivity contribution in [1.29, 1.82) is 5.26 Å². The van der Waals surface area contributed by atoms with E-state index < -0.39 is 0 Å². The van der Waals surface area contributed by atoms with Crippen LogP contribution in [0.25, 0.3) is 0 Å². The average Bonchev–Trinajstić information content (AvgIpc) is 2.54. The van der Waals surface area contributed by atoms with Gasteiger partial charge in [-0.05, 0) is 35.9 Å². The highest BCUT2D eigenvalue weighted by molar-refractivity contribution is 5.94. The van der Waals surface area contributed by atoms with E-state index in [9.17, 15) is 4.79 Å². The first kappa shape index (κ1) is 14.6. The molecule has 0 heterocycles. The van der Waals surface area contributed by atoms with Crippen molar-refractivity contribution >= 4 is 11.6 Å². The molecule has 0 saturated carbocycles. The van der Waals surface area contributed by atoms with Crippen LogP contribution in [0, 0.1) is 11.3 Å². The Hall–Kier alpha value is -2.80. The van der Waals surface area contributed by atoms with Crippen molar-refractivity contribution in [3.63, 3.8) is 0 Å². The predicted octanol–water partition coefficient (Wildman–Crippen LogP) is 2.77. The second-order valence-corrected chi connectivity index (χ2v) is 4.64. The quantitative estimate of drug-likeness (QED) is 0.865. The standard InChI is InChI=1S/C17H16N2O2/c1-19(15-5-3-4-14(10-15)12-18)17(20)11-13-6-8-16(21-2)9-7-13/h3-10H,11H2,1-2H3. The maximum Gasteiger partial charge on any atom is 0.231 e. The maximum atomic E-state index is 12.3. The summed E-state index contributed by atoms with van der Waals surface area (Å²) in [6, 6.07) is 16.5. The zero-order chi connectivity index (χ0) is 15.2. The lowest BCUT2D eigenvalue weighted by molar-refractivity contribution is -0.117. The highest BCUT2D eigenvalue weighted by Gasteiger charge is 2.12. The van der Waals surface area contributed by atoms with Crippen LogP contribution in [0.15, 0.2) is 48.5 Å². The Kier molecular flexibility index (Phi) is 4.57. The summed E-state index contributed by atoms with van der Waals surface area (Å²) in [4.78, 5) is 13.8. The summed E-state index contributed by atoms with van der Waals surface area (Å²) >= 11 is 0. The second-order valence-electron chi connectivity index (χ2n) is 4.64. The topological polar surface area (TPSA) is 53.3 Å². The molecular weight excluding hydrogens is 264 g/mol. The van der Waals surface area contributed by atoms with Crippen LogP contribution in [0.3, 0.4) is 0 Å². The van der Waals surface area contributed by atoms with Crippen LogP contribution in [-0.4, -0.2) is 20.1 Å². The van der Waals surface area contributed by atoms with Crippen molar-refractivity contribution in [3.8, 4) is 11.8 Å². The number of ether oxygens (including phenoxy) is 1. The van der Waals surface area contributed by atoms with Crippen LogP contribution in [0.4, 0.5) is 5.69 Å². The molecule has 0 bridgehead atoms. The number of nitriles is 1. The normalized spacial score (nSPS) is 9.76. The molecule has 2 rings (SSSR count). The molecule has 2 aromatic carbocycles. The number of likely N-dealkylation sites (N-methyl/N-ethyl adjacent to an activating group) is 1. The number of nitrogens with zero attached hydrogens (tertiary/aromatic N) is 2. The van der Waals surface area contributed by atoms with Gasteiger partial charge in [0.2, 0.25) is 5.91 Å². The molecule has 0 spiro atoms. The zero-order valence-corrected chi connectivity index (χ0v) is 12.0. The molecule has 0 fully saturated rings. The van der Waals surface area contributed by atoms with Crippen LogP contribution < -0.4 is 9.64 Å². The zero-order valence-electron chi connectivity index (χ0n) is 12.0. The molecule has 0 N–H and O–H groups in total. The minimum Gasteiger partial charge on any atom is -0.497 e. The molecule has 2 aromatic rings. The third kappa shape index (κ3) is 3.61. The average molecular weight is 280 g/mol. The fourth-order valence-electron chi connectivity index (χ4n) is 1.96. The first-order valence-corrected chi connectivity index (χ1v) is 6.53. The molecule has 0 unspecified atom stereocenters. The highest BCUT2D eigenvalue weighted by Crippen LogP contribution is 2.17. The molecule has 0 saturated heterocycles. The van der Waals surface area contributed by atoms with Gasteiger partial charge in [0.1, 0.15) is 5.75 Å². The number of amides is 1. The van der Waals surface area contributed by atoms with Gasteiger partial charge in [-0.2, -0.15) is 5.26 Å². The number of rotatable bonds is 4. The largest absolute Gasteiger partial charge is 0.497 e. The van der Waals surface area contributed by atoms with E-state index in [0.717, 1.165) is 11.3 Å². The number of carbonyl (C=O) groups excluding carboxylic acids is 1. The lowest BCUT2D eigenvalue weighted by atomic mass is 10.1. The van der Waals surface area contributed by atoms with Gasteiger partial charge in [-0.3, -0.25) is 4.79 Å².